The summed E-state index contributed by atoms with van der Waals surface area (Å²) in [5.41, 5.74) is 1.32. The van der Waals surface area contributed by atoms with E-state index in [1.165, 1.54) is 12.0 Å². The normalized spacial score (nSPS) is 15.4. The van der Waals surface area contributed by atoms with Crippen LogP contribution in [0.3, 0.4) is 0 Å². The van der Waals surface area contributed by atoms with Crippen molar-refractivity contribution in [3.8, 4) is 5.75 Å². The minimum atomic E-state index is -0.541. The maximum atomic E-state index is 11.8. The number of rotatable bonds is 5. The molecule has 1 saturated heterocycles. The standard InChI is InChI=1S/C13H14N2O2.C11H19NO4/c1-3-4-5-11-13(16)15-12-8-9(17-2)6-7-10(12)14-11;1-11(2,3)16-10(14)12-7-5-6-8(12)9(13)15-4/h3,6-8H,1,4-5H2,2H3,(H,15,16);8H,5-7H2,1-4H3. The number of hydrogen-bond donors (Lipinski definition) is 1. The molecule has 0 aliphatic carbocycles. The SMILES string of the molecule is C=CCCc1nc2ccc(OC)cc2[nH]c1=O.COC(=O)C1CCCN1C(=O)OC(C)(C)C. The first-order valence-electron chi connectivity index (χ1n) is 10.8. The molecule has 1 unspecified atom stereocenters. The summed E-state index contributed by atoms with van der Waals surface area (Å²) < 4.78 is 15.0. The number of carbonyl (C=O) groups excluding carboxylic acids is 2. The molecule has 2 heterocycles. The number of aromatic nitrogens is 2. The van der Waals surface area contributed by atoms with Crippen LogP contribution in [-0.2, 0) is 20.7 Å². The lowest BCUT2D eigenvalue weighted by molar-refractivity contribution is -0.145. The molecule has 1 aliphatic rings. The summed E-state index contributed by atoms with van der Waals surface area (Å²) in [6, 6.07) is 4.94. The van der Waals surface area contributed by atoms with Gasteiger partial charge in [0, 0.05) is 12.6 Å². The Morgan fingerprint density at radius 1 is 1.30 bits per heavy atom. The predicted molar refractivity (Wildman–Crippen MR) is 125 cm³/mol. The van der Waals surface area contributed by atoms with Crippen LogP contribution in [0.2, 0.25) is 0 Å². The molecule has 1 aliphatic heterocycles. The number of carbonyl (C=O) groups is 2. The number of benzene rings is 1. The number of esters is 1. The zero-order valence-corrected chi connectivity index (χ0v) is 20.0. The third-order valence-corrected chi connectivity index (χ3v) is 4.91. The number of amides is 1. The van der Waals surface area contributed by atoms with E-state index in [4.69, 9.17) is 9.47 Å². The molecular formula is C24H33N3O6. The number of aryl methyl sites for hydroxylation is 1. The van der Waals surface area contributed by atoms with E-state index in [-0.39, 0.29) is 11.5 Å². The van der Waals surface area contributed by atoms with E-state index in [0.717, 1.165) is 18.4 Å². The molecular weight excluding hydrogens is 426 g/mol. The second-order valence-electron chi connectivity index (χ2n) is 8.58. The minimum absolute atomic E-state index is 0.146. The van der Waals surface area contributed by atoms with Gasteiger partial charge in [0.1, 0.15) is 23.1 Å². The molecule has 0 radical (unpaired) electrons. The lowest BCUT2D eigenvalue weighted by Crippen LogP contribution is -2.43. The van der Waals surface area contributed by atoms with E-state index in [2.05, 4.69) is 21.3 Å². The van der Waals surface area contributed by atoms with Gasteiger partial charge in [-0.3, -0.25) is 9.69 Å². The Labute approximate surface area is 193 Å². The van der Waals surface area contributed by atoms with E-state index in [9.17, 15) is 14.4 Å². The molecule has 3 rings (SSSR count). The minimum Gasteiger partial charge on any atom is -0.497 e. The fraction of sp³-hybridized carbons (Fsp3) is 0.500. The van der Waals surface area contributed by atoms with Crippen LogP contribution in [0.4, 0.5) is 4.79 Å². The number of fused-ring (bicyclic) bond motifs is 1. The van der Waals surface area contributed by atoms with Gasteiger partial charge in [0.05, 0.1) is 25.3 Å². The Morgan fingerprint density at radius 3 is 2.64 bits per heavy atom. The monoisotopic (exact) mass is 459 g/mol. The summed E-state index contributed by atoms with van der Waals surface area (Å²) in [4.78, 5) is 43.5. The van der Waals surface area contributed by atoms with Crippen molar-refractivity contribution in [3.05, 3.63) is 46.9 Å². The molecule has 1 amide bonds. The van der Waals surface area contributed by atoms with Crippen molar-refractivity contribution in [2.45, 2.75) is 58.1 Å². The van der Waals surface area contributed by atoms with Crippen molar-refractivity contribution in [1.29, 1.82) is 0 Å². The Balaban J connectivity index is 0.000000234. The van der Waals surface area contributed by atoms with Crippen molar-refractivity contribution in [3.63, 3.8) is 0 Å². The average Bonchev–Trinajstić information content (AvgIpc) is 3.26. The molecule has 2 aromatic rings. The topological polar surface area (TPSA) is 111 Å². The summed E-state index contributed by atoms with van der Waals surface area (Å²) >= 11 is 0. The highest BCUT2D eigenvalue weighted by atomic mass is 16.6. The van der Waals surface area contributed by atoms with Crippen LogP contribution in [-0.4, -0.2) is 59.3 Å². The molecule has 1 aromatic carbocycles. The number of allylic oxidation sites excluding steroid dienone is 1. The molecule has 1 N–H and O–H groups in total. The summed E-state index contributed by atoms with van der Waals surface area (Å²) in [6.07, 6.45) is 4.14. The molecule has 33 heavy (non-hydrogen) atoms. The van der Waals surface area contributed by atoms with Gasteiger partial charge in [-0.15, -0.1) is 6.58 Å². The quantitative estimate of drug-likeness (QED) is 0.537. The van der Waals surface area contributed by atoms with E-state index in [0.29, 0.717) is 36.3 Å². The highest BCUT2D eigenvalue weighted by molar-refractivity contribution is 5.82. The van der Waals surface area contributed by atoms with Crippen molar-refractivity contribution in [2.75, 3.05) is 20.8 Å². The number of nitrogens with zero attached hydrogens (tertiary/aromatic N) is 2. The predicted octanol–water partition coefficient (Wildman–Crippen LogP) is 3.61. The van der Waals surface area contributed by atoms with Crippen LogP contribution in [0.1, 0.15) is 45.7 Å². The van der Waals surface area contributed by atoms with E-state index < -0.39 is 17.7 Å². The zero-order valence-electron chi connectivity index (χ0n) is 20.0. The molecule has 0 spiro atoms. The first-order valence-corrected chi connectivity index (χ1v) is 10.8. The van der Waals surface area contributed by atoms with Crippen molar-refractivity contribution >= 4 is 23.1 Å². The zero-order chi connectivity index (χ0) is 24.6. The van der Waals surface area contributed by atoms with Crippen LogP contribution in [0.5, 0.6) is 5.75 Å². The van der Waals surface area contributed by atoms with Gasteiger partial charge in [-0.2, -0.15) is 0 Å². The van der Waals surface area contributed by atoms with Gasteiger partial charge in [0.25, 0.3) is 5.56 Å². The molecule has 1 fully saturated rings. The Morgan fingerprint density at radius 2 is 2.03 bits per heavy atom. The largest absolute Gasteiger partial charge is 0.497 e. The van der Waals surface area contributed by atoms with Gasteiger partial charge in [-0.25, -0.2) is 14.6 Å². The summed E-state index contributed by atoms with van der Waals surface area (Å²) in [7, 11) is 2.92. The Bertz CT molecular complexity index is 1040. The van der Waals surface area contributed by atoms with Crippen molar-refractivity contribution in [1.82, 2.24) is 14.9 Å². The third-order valence-electron chi connectivity index (χ3n) is 4.91. The summed E-state index contributed by atoms with van der Waals surface area (Å²) in [5.74, 6) is 0.331. The van der Waals surface area contributed by atoms with Gasteiger partial charge >= 0.3 is 12.1 Å². The molecule has 1 aromatic heterocycles. The van der Waals surface area contributed by atoms with Crippen LogP contribution in [0, 0.1) is 0 Å². The lowest BCUT2D eigenvalue weighted by Gasteiger charge is -2.27. The van der Waals surface area contributed by atoms with Crippen LogP contribution < -0.4 is 10.3 Å². The molecule has 0 saturated carbocycles. The van der Waals surface area contributed by atoms with Gasteiger partial charge in [0.15, 0.2) is 0 Å². The Hall–Kier alpha value is -3.36. The second kappa shape index (κ2) is 11.5. The Kier molecular flexibility index (Phi) is 9.02. The van der Waals surface area contributed by atoms with Crippen molar-refractivity contribution < 1.29 is 23.8 Å². The number of nitrogens with one attached hydrogen (secondary N) is 1. The number of methoxy groups -OCH3 is 2. The number of hydrogen-bond acceptors (Lipinski definition) is 7. The first-order chi connectivity index (χ1) is 15.6. The molecule has 9 heteroatoms. The number of likely N-dealkylation sites (tertiary alicyclic amines) is 1. The van der Waals surface area contributed by atoms with Crippen LogP contribution in [0.25, 0.3) is 11.0 Å². The molecule has 9 nitrogen and oxygen atoms in total. The van der Waals surface area contributed by atoms with E-state index >= 15 is 0 Å². The van der Waals surface area contributed by atoms with Crippen molar-refractivity contribution in [2.24, 2.45) is 0 Å². The van der Waals surface area contributed by atoms with Gasteiger partial charge in [0.2, 0.25) is 0 Å². The maximum absolute atomic E-state index is 11.8. The molecule has 0 bridgehead atoms. The van der Waals surface area contributed by atoms with E-state index in [1.54, 1.807) is 40.0 Å². The fourth-order valence-electron chi connectivity index (χ4n) is 3.33. The lowest BCUT2D eigenvalue weighted by atomic mass is 10.2. The van der Waals surface area contributed by atoms with E-state index in [1.807, 2.05) is 12.1 Å². The average molecular weight is 460 g/mol. The highest BCUT2D eigenvalue weighted by Gasteiger charge is 2.37. The van der Waals surface area contributed by atoms with Gasteiger partial charge in [-0.05, 0) is 58.6 Å². The molecule has 180 valence electrons. The third kappa shape index (κ3) is 7.34. The number of ether oxygens (including phenoxy) is 3. The highest BCUT2D eigenvalue weighted by Crippen LogP contribution is 2.21. The maximum Gasteiger partial charge on any atom is 0.411 e. The number of aromatic amines is 1. The molecule has 1 atom stereocenters. The van der Waals surface area contributed by atoms with Gasteiger partial charge in [-0.1, -0.05) is 6.08 Å². The fourth-order valence-corrected chi connectivity index (χ4v) is 3.33. The smallest absolute Gasteiger partial charge is 0.411 e. The van der Waals surface area contributed by atoms with Crippen LogP contribution >= 0.6 is 0 Å². The summed E-state index contributed by atoms with van der Waals surface area (Å²) in [6.45, 7) is 9.58. The summed E-state index contributed by atoms with van der Waals surface area (Å²) in [5, 5.41) is 0. The van der Waals surface area contributed by atoms with Crippen LogP contribution in [0.15, 0.2) is 35.6 Å². The number of H-pyrrole nitrogens is 1. The first kappa shape index (κ1) is 25.9. The second-order valence-corrected chi connectivity index (χ2v) is 8.58. The van der Waals surface area contributed by atoms with Gasteiger partial charge < -0.3 is 19.2 Å².